The first-order valence-electron chi connectivity index (χ1n) is 9.04. The summed E-state index contributed by atoms with van der Waals surface area (Å²) in [5.41, 5.74) is 0.890. The second-order valence-electron chi connectivity index (χ2n) is 6.47. The molecule has 1 aliphatic rings. The molecule has 7 heteroatoms. The number of fused-ring (bicyclic) bond motifs is 2. The van der Waals surface area contributed by atoms with E-state index in [-0.39, 0.29) is 6.79 Å². The molecule has 4 rings (SSSR count). The Bertz CT molecular complexity index is 1090. The van der Waals surface area contributed by atoms with Crippen molar-refractivity contribution in [2.75, 3.05) is 19.2 Å². The summed E-state index contributed by atoms with van der Waals surface area (Å²) < 4.78 is 21.3. The summed E-state index contributed by atoms with van der Waals surface area (Å²) in [6.07, 6.45) is -0.992. The van der Waals surface area contributed by atoms with E-state index in [0.29, 0.717) is 33.9 Å². The van der Waals surface area contributed by atoms with Gasteiger partial charge in [-0.2, -0.15) is 0 Å². The maximum Gasteiger partial charge on any atom is 0.339 e. The number of hydrogen-bond donors (Lipinski definition) is 1. The summed E-state index contributed by atoms with van der Waals surface area (Å²) >= 11 is 0. The van der Waals surface area contributed by atoms with E-state index in [9.17, 15) is 9.59 Å². The smallest absolute Gasteiger partial charge is 0.339 e. The molecule has 0 saturated carbocycles. The molecule has 0 unspecified atom stereocenters. The molecule has 1 N–H and O–H groups in total. The molecule has 29 heavy (non-hydrogen) atoms. The van der Waals surface area contributed by atoms with Gasteiger partial charge in [0.05, 0.1) is 12.7 Å². The molecule has 148 valence electrons. The third-order valence-corrected chi connectivity index (χ3v) is 4.62. The lowest BCUT2D eigenvalue weighted by molar-refractivity contribution is -0.123. The second-order valence-corrected chi connectivity index (χ2v) is 6.47. The lowest BCUT2D eigenvalue weighted by Crippen LogP contribution is -2.30. The molecule has 0 saturated heterocycles. The van der Waals surface area contributed by atoms with Crippen LogP contribution in [-0.2, 0) is 9.53 Å². The minimum Gasteiger partial charge on any atom is -0.496 e. The molecule has 7 nitrogen and oxygen atoms in total. The summed E-state index contributed by atoms with van der Waals surface area (Å²) in [6.45, 7) is 1.67. The van der Waals surface area contributed by atoms with Gasteiger partial charge in [0.15, 0.2) is 17.6 Å². The lowest BCUT2D eigenvalue weighted by Gasteiger charge is -2.15. The van der Waals surface area contributed by atoms with Crippen molar-refractivity contribution in [1.29, 1.82) is 0 Å². The number of carbonyl (C=O) groups is 2. The van der Waals surface area contributed by atoms with E-state index < -0.39 is 18.0 Å². The molecule has 1 atom stereocenters. The number of esters is 1. The Kier molecular flexibility index (Phi) is 4.95. The second kappa shape index (κ2) is 7.71. The molecule has 1 amide bonds. The van der Waals surface area contributed by atoms with Gasteiger partial charge < -0.3 is 24.3 Å². The monoisotopic (exact) mass is 393 g/mol. The highest BCUT2D eigenvalue weighted by Crippen LogP contribution is 2.34. The number of amides is 1. The number of nitrogens with one attached hydrogen (secondary N) is 1. The highest BCUT2D eigenvalue weighted by atomic mass is 16.7. The van der Waals surface area contributed by atoms with Gasteiger partial charge in [-0.25, -0.2) is 4.79 Å². The van der Waals surface area contributed by atoms with Crippen molar-refractivity contribution >= 4 is 28.3 Å². The van der Waals surface area contributed by atoms with Crippen LogP contribution in [-0.4, -0.2) is 31.9 Å². The Morgan fingerprint density at radius 3 is 2.55 bits per heavy atom. The van der Waals surface area contributed by atoms with Crippen LogP contribution < -0.4 is 19.5 Å². The fourth-order valence-electron chi connectivity index (χ4n) is 3.12. The van der Waals surface area contributed by atoms with Crippen molar-refractivity contribution in [3.05, 3.63) is 60.2 Å². The van der Waals surface area contributed by atoms with E-state index >= 15 is 0 Å². The first-order chi connectivity index (χ1) is 14.1. The van der Waals surface area contributed by atoms with Crippen LogP contribution in [0.2, 0.25) is 0 Å². The van der Waals surface area contributed by atoms with Gasteiger partial charge in [-0.05, 0) is 36.6 Å². The van der Waals surface area contributed by atoms with Gasteiger partial charge >= 0.3 is 5.97 Å². The summed E-state index contributed by atoms with van der Waals surface area (Å²) in [6, 6.07) is 15.8. The summed E-state index contributed by atoms with van der Waals surface area (Å²) in [5, 5.41) is 4.20. The average molecular weight is 393 g/mol. The van der Waals surface area contributed by atoms with Crippen molar-refractivity contribution in [3.63, 3.8) is 0 Å². The largest absolute Gasteiger partial charge is 0.496 e. The normalized spacial score (nSPS) is 13.0. The lowest BCUT2D eigenvalue weighted by atomic mass is 10.0. The molecule has 0 aliphatic carbocycles. The number of benzene rings is 3. The van der Waals surface area contributed by atoms with Gasteiger partial charge in [-0.1, -0.05) is 24.3 Å². The van der Waals surface area contributed by atoms with Crippen LogP contribution in [0.15, 0.2) is 54.6 Å². The predicted molar refractivity (Wildman–Crippen MR) is 107 cm³/mol. The van der Waals surface area contributed by atoms with Gasteiger partial charge in [-0.15, -0.1) is 0 Å². The maximum absolute atomic E-state index is 12.7. The fraction of sp³-hybridized carbons (Fsp3) is 0.182. The van der Waals surface area contributed by atoms with Crippen LogP contribution in [0.4, 0.5) is 5.69 Å². The van der Waals surface area contributed by atoms with Gasteiger partial charge in [0, 0.05) is 17.1 Å². The van der Waals surface area contributed by atoms with Crippen LogP contribution >= 0.6 is 0 Å². The molecule has 1 heterocycles. The zero-order valence-electron chi connectivity index (χ0n) is 15.9. The minimum absolute atomic E-state index is 0.149. The van der Waals surface area contributed by atoms with E-state index in [1.54, 1.807) is 37.4 Å². The Balaban J connectivity index is 1.48. The molecular formula is C22H19NO6. The molecule has 0 radical (unpaired) electrons. The summed E-state index contributed by atoms with van der Waals surface area (Å²) in [5.74, 6) is 0.795. The highest BCUT2D eigenvalue weighted by Gasteiger charge is 2.22. The van der Waals surface area contributed by atoms with E-state index in [1.165, 1.54) is 6.92 Å². The number of carbonyl (C=O) groups excluding carboxylic acids is 2. The van der Waals surface area contributed by atoms with Crippen molar-refractivity contribution in [2.45, 2.75) is 13.0 Å². The predicted octanol–water partition coefficient (Wildman–Crippen LogP) is 3.76. The maximum atomic E-state index is 12.7. The topological polar surface area (TPSA) is 83.1 Å². The van der Waals surface area contributed by atoms with E-state index in [0.717, 1.165) is 5.39 Å². The standard InChI is InChI=1S/C22H19NO6/c1-13(21(24)23-14-7-9-19-20(11-14)28-12-27-19)29-22(25)17-8-10-18(26-2)16-6-4-3-5-15(16)17/h3-11,13H,12H2,1-2H3,(H,23,24)/t13-/m1/s1. The van der Waals surface area contributed by atoms with E-state index in [1.807, 2.05) is 24.3 Å². The van der Waals surface area contributed by atoms with Crippen LogP contribution in [0.1, 0.15) is 17.3 Å². The van der Waals surface area contributed by atoms with Crippen molar-refractivity contribution < 1.29 is 28.5 Å². The van der Waals surface area contributed by atoms with Gasteiger partial charge in [0.1, 0.15) is 5.75 Å². The number of methoxy groups -OCH3 is 1. The third kappa shape index (κ3) is 3.67. The first-order valence-corrected chi connectivity index (χ1v) is 9.04. The SMILES string of the molecule is COc1ccc(C(=O)O[C@H](C)C(=O)Nc2ccc3c(c2)OCO3)c2ccccc12. The molecule has 0 spiro atoms. The van der Waals surface area contributed by atoms with Gasteiger partial charge in [0.2, 0.25) is 6.79 Å². The molecular weight excluding hydrogens is 374 g/mol. The highest BCUT2D eigenvalue weighted by molar-refractivity contribution is 6.07. The van der Waals surface area contributed by atoms with Gasteiger partial charge in [-0.3, -0.25) is 4.79 Å². The summed E-state index contributed by atoms with van der Waals surface area (Å²) in [4.78, 5) is 25.2. The number of rotatable bonds is 5. The first kappa shape index (κ1) is 18.6. The number of hydrogen-bond acceptors (Lipinski definition) is 6. The molecule has 1 aliphatic heterocycles. The van der Waals surface area contributed by atoms with Crippen molar-refractivity contribution in [3.8, 4) is 17.2 Å². The van der Waals surface area contributed by atoms with Crippen LogP contribution in [0.5, 0.6) is 17.2 Å². The summed E-state index contributed by atoms with van der Waals surface area (Å²) in [7, 11) is 1.57. The molecule has 3 aromatic carbocycles. The number of anilines is 1. The average Bonchev–Trinajstić information content (AvgIpc) is 3.20. The Morgan fingerprint density at radius 1 is 1.00 bits per heavy atom. The molecule has 0 fully saturated rings. The fourth-order valence-corrected chi connectivity index (χ4v) is 3.12. The Hall–Kier alpha value is -3.74. The third-order valence-electron chi connectivity index (χ3n) is 4.62. The minimum atomic E-state index is -0.992. The molecule has 3 aromatic rings. The van der Waals surface area contributed by atoms with Crippen LogP contribution in [0.25, 0.3) is 10.8 Å². The zero-order valence-corrected chi connectivity index (χ0v) is 15.9. The molecule has 0 bridgehead atoms. The van der Waals surface area contributed by atoms with Crippen LogP contribution in [0.3, 0.4) is 0 Å². The molecule has 0 aromatic heterocycles. The van der Waals surface area contributed by atoms with E-state index in [2.05, 4.69) is 5.32 Å². The van der Waals surface area contributed by atoms with E-state index in [4.69, 9.17) is 18.9 Å². The quantitative estimate of drug-likeness (QED) is 0.665. The Labute approximate surface area is 167 Å². The Morgan fingerprint density at radius 2 is 1.76 bits per heavy atom. The van der Waals surface area contributed by atoms with Gasteiger partial charge in [0.25, 0.3) is 5.91 Å². The zero-order chi connectivity index (χ0) is 20.4. The van der Waals surface area contributed by atoms with Crippen molar-refractivity contribution in [2.24, 2.45) is 0 Å². The van der Waals surface area contributed by atoms with Crippen LogP contribution in [0, 0.1) is 0 Å². The van der Waals surface area contributed by atoms with Crippen molar-refractivity contribution in [1.82, 2.24) is 0 Å². The number of ether oxygens (including phenoxy) is 4.